The van der Waals surface area contributed by atoms with Crippen LogP contribution in [0.5, 0.6) is 0 Å². The minimum Gasteiger partial charge on any atom is -0.393 e. The summed E-state index contributed by atoms with van der Waals surface area (Å²) in [5.41, 5.74) is 6.63. The summed E-state index contributed by atoms with van der Waals surface area (Å²) >= 11 is 8.32. The first-order valence-electron chi connectivity index (χ1n) is 5.73. The Morgan fingerprint density at radius 1 is 1.50 bits per heavy atom. The summed E-state index contributed by atoms with van der Waals surface area (Å²) in [6, 6.07) is 7.79. The number of nitrogens with one attached hydrogen (secondary N) is 1. The number of hydrogen-bond donors (Lipinski definition) is 2. The van der Waals surface area contributed by atoms with Gasteiger partial charge in [0.25, 0.3) is 0 Å². The van der Waals surface area contributed by atoms with Gasteiger partial charge < -0.3 is 11.1 Å². The smallest absolute Gasteiger partial charge is 0.230 e. The van der Waals surface area contributed by atoms with Crippen molar-refractivity contribution in [3.8, 4) is 0 Å². The van der Waals surface area contributed by atoms with E-state index in [1.54, 1.807) is 0 Å². The molecule has 0 heterocycles. The van der Waals surface area contributed by atoms with Gasteiger partial charge in [-0.3, -0.25) is 4.79 Å². The number of benzene rings is 1. The van der Waals surface area contributed by atoms with Gasteiger partial charge in [0.15, 0.2) is 0 Å². The van der Waals surface area contributed by atoms with Crippen LogP contribution in [0.25, 0.3) is 0 Å². The zero-order valence-electron chi connectivity index (χ0n) is 10.4. The van der Waals surface area contributed by atoms with Crippen molar-refractivity contribution in [1.82, 2.24) is 5.32 Å². The summed E-state index contributed by atoms with van der Waals surface area (Å²) in [7, 11) is 0. The van der Waals surface area contributed by atoms with E-state index in [0.29, 0.717) is 6.54 Å². The van der Waals surface area contributed by atoms with E-state index in [1.807, 2.05) is 38.1 Å². The molecule has 5 heteroatoms. The molecule has 0 saturated heterocycles. The van der Waals surface area contributed by atoms with E-state index >= 15 is 0 Å². The highest BCUT2D eigenvalue weighted by Crippen LogP contribution is 2.13. The van der Waals surface area contributed by atoms with E-state index in [4.69, 9.17) is 18.0 Å². The third kappa shape index (κ3) is 4.38. The van der Waals surface area contributed by atoms with Crippen LogP contribution in [0, 0.1) is 11.8 Å². The number of halogens is 1. The quantitative estimate of drug-likeness (QED) is 0.817. The SMILES string of the molecule is CC(C)C(C(=O)NCc1cccc(Br)c1)C(N)=S. The Labute approximate surface area is 121 Å². The first-order valence-corrected chi connectivity index (χ1v) is 6.93. The van der Waals surface area contributed by atoms with E-state index in [2.05, 4.69) is 21.2 Å². The van der Waals surface area contributed by atoms with Crippen molar-refractivity contribution in [2.45, 2.75) is 20.4 Å². The Bertz CT molecular complexity index is 448. The normalized spacial score (nSPS) is 12.2. The van der Waals surface area contributed by atoms with E-state index in [9.17, 15) is 4.79 Å². The number of nitrogens with two attached hydrogens (primary N) is 1. The lowest BCUT2D eigenvalue weighted by molar-refractivity contribution is -0.124. The van der Waals surface area contributed by atoms with Crippen LogP contribution in [0.3, 0.4) is 0 Å². The third-order valence-corrected chi connectivity index (χ3v) is 3.36. The van der Waals surface area contributed by atoms with Gasteiger partial charge in [0, 0.05) is 11.0 Å². The monoisotopic (exact) mass is 328 g/mol. The Kier molecular flexibility index (Phi) is 5.75. The van der Waals surface area contributed by atoms with Crippen LogP contribution in [0.4, 0.5) is 0 Å². The molecule has 1 atom stereocenters. The van der Waals surface area contributed by atoms with Gasteiger partial charge in [-0.25, -0.2) is 0 Å². The second-order valence-electron chi connectivity index (χ2n) is 4.47. The lowest BCUT2D eigenvalue weighted by Crippen LogP contribution is -2.40. The average Bonchev–Trinajstić information content (AvgIpc) is 2.25. The number of amides is 1. The molecule has 0 fully saturated rings. The van der Waals surface area contributed by atoms with Gasteiger partial charge in [0.1, 0.15) is 0 Å². The number of rotatable bonds is 5. The summed E-state index contributed by atoms with van der Waals surface area (Å²) in [4.78, 5) is 12.2. The Morgan fingerprint density at radius 3 is 2.67 bits per heavy atom. The molecule has 1 aromatic rings. The van der Waals surface area contributed by atoms with Crippen LogP contribution >= 0.6 is 28.1 Å². The fraction of sp³-hybridized carbons (Fsp3) is 0.385. The van der Waals surface area contributed by atoms with Crippen LogP contribution in [0.15, 0.2) is 28.7 Å². The minimum atomic E-state index is -0.410. The lowest BCUT2D eigenvalue weighted by atomic mass is 9.95. The highest BCUT2D eigenvalue weighted by molar-refractivity contribution is 9.10. The van der Waals surface area contributed by atoms with E-state index in [-0.39, 0.29) is 16.8 Å². The molecule has 3 N–H and O–H groups in total. The molecule has 0 aromatic heterocycles. The fourth-order valence-electron chi connectivity index (χ4n) is 1.71. The molecule has 1 unspecified atom stereocenters. The molecule has 98 valence electrons. The lowest BCUT2D eigenvalue weighted by Gasteiger charge is -2.18. The second-order valence-corrected chi connectivity index (χ2v) is 5.86. The van der Waals surface area contributed by atoms with Crippen LogP contribution in [-0.4, -0.2) is 10.9 Å². The third-order valence-electron chi connectivity index (χ3n) is 2.61. The van der Waals surface area contributed by atoms with Gasteiger partial charge in [0.05, 0.1) is 10.9 Å². The molecule has 0 aliphatic rings. The molecule has 1 rings (SSSR count). The van der Waals surface area contributed by atoms with Crippen molar-refractivity contribution >= 4 is 39.0 Å². The van der Waals surface area contributed by atoms with Crippen molar-refractivity contribution < 1.29 is 4.79 Å². The van der Waals surface area contributed by atoms with E-state index in [0.717, 1.165) is 10.0 Å². The predicted molar refractivity (Wildman–Crippen MR) is 81.1 cm³/mol. The summed E-state index contributed by atoms with van der Waals surface area (Å²) in [6.07, 6.45) is 0. The summed E-state index contributed by atoms with van der Waals surface area (Å²) < 4.78 is 0.990. The van der Waals surface area contributed by atoms with Gasteiger partial charge in [-0.15, -0.1) is 0 Å². The zero-order chi connectivity index (χ0) is 13.7. The van der Waals surface area contributed by atoms with Crippen LogP contribution in [-0.2, 0) is 11.3 Å². The van der Waals surface area contributed by atoms with Crippen LogP contribution in [0.1, 0.15) is 19.4 Å². The second kappa shape index (κ2) is 6.85. The molecule has 0 radical (unpaired) electrons. The predicted octanol–water partition coefficient (Wildman–Crippen LogP) is 2.62. The Balaban J connectivity index is 2.62. The number of thiocarbonyl (C=S) groups is 1. The van der Waals surface area contributed by atoms with Gasteiger partial charge in [-0.2, -0.15) is 0 Å². The molecule has 0 bridgehead atoms. The van der Waals surface area contributed by atoms with Crippen molar-refractivity contribution in [2.75, 3.05) is 0 Å². The topological polar surface area (TPSA) is 55.1 Å². The first-order chi connectivity index (χ1) is 8.41. The summed E-state index contributed by atoms with van der Waals surface area (Å²) in [6.45, 7) is 4.34. The van der Waals surface area contributed by atoms with Gasteiger partial charge in [-0.05, 0) is 23.6 Å². The van der Waals surface area contributed by atoms with Gasteiger partial charge in [0.2, 0.25) is 5.91 Å². The maximum Gasteiger partial charge on any atom is 0.230 e. The van der Waals surface area contributed by atoms with Crippen molar-refractivity contribution in [3.63, 3.8) is 0 Å². The molecule has 1 aromatic carbocycles. The molecule has 0 saturated carbocycles. The number of carbonyl (C=O) groups excluding carboxylic acids is 1. The van der Waals surface area contributed by atoms with E-state index < -0.39 is 5.92 Å². The minimum absolute atomic E-state index is 0.102. The maximum absolute atomic E-state index is 12.0. The zero-order valence-corrected chi connectivity index (χ0v) is 12.8. The maximum atomic E-state index is 12.0. The molecule has 0 spiro atoms. The van der Waals surface area contributed by atoms with Gasteiger partial charge >= 0.3 is 0 Å². The van der Waals surface area contributed by atoms with Crippen LogP contribution < -0.4 is 11.1 Å². The van der Waals surface area contributed by atoms with Crippen LogP contribution in [0.2, 0.25) is 0 Å². The number of hydrogen-bond acceptors (Lipinski definition) is 2. The van der Waals surface area contributed by atoms with Crippen molar-refractivity contribution in [1.29, 1.82) is 0 Å². The van der Waals surface area contributed by atoms with Crippen molar-refractivity contribution in [3.05, 3.63) is 34.3 Å². The standard InChI is InChI=1S/C13H17BrN2OS/c1-8(2)11(12(15)18)13(17)16-7-9-4-3-5-10(14)6-9/h3-6,8,11H,7H2,1-2H3,(H2,15,18)(H,16,17). The molecular formula is C13H17BrN2OS. The highest BCUT2D eigenvalue weighted by atomic mass is 79.9. The Hall–Kier alpha value is -0.940. The average molecular weight is 329 g/mol. The summed E-state index contributed by atoms with van der Waals surface area (Å²) in [5.74, 6) is -0.422. The van der Waals surface area contributed by atoms with E-state index in [1.165, 1.54) is 0 Å². The largest absolute Gasteiger partial charge is 0.393 e. The summed E-state index contributed by atoms with van der Waals surface area (Å²) in [5, 5.41) is 2.86. The molecule has 1 amide bonds. The van der Waals surface area contributed by atoms with Gasteiger partial charge in [-0.1, -0.05) is 54.1 Å². The molecule has 0 aliphatic heterocycles. The number of carbonyl (C=O) groups is 1. The fourth-order valence-corrected chi connectivity index (χ4v) is 2.53. The molecular weight excluding hydrogens is 312 g/mol. The molecule has 0 aliphatic carbocycles. The molecule has 3 nitrogen and oxygen atoms in total. The first kappa shape index (κ1) is 15.1. The molecule has 18 heavy (non-hydrogen) atoms. The van der Waals surface area contributed by atoms with Crippen molar-refractivity contribution in [2.24, 2.45) is 17.6 Å². The highest BCUT2D eigenvalue weighted by Gasteiger charge is 2.24. The Morgan fingerprint density at radius 2 is 2.17 bits per heavy atom.